The van der Waals surface area contributed by atoms with Crippen LogP contribution >= 0.6 is 0 Å². The van der Waals surface area contributed by atoms with E-state index in [1.165, 1.54) is 19.3 Å². The third-order valence-corrected chi connectivity index (χ3v) is 4.83. The summed E-state index contributed by atoms with van der Waals surface area (Å²) in [4.78, 5) is 0. The Balaban J connectivity index is 2.18. The molecule has 0 heteroatoms. The van der Waals surface area contributed by atoms with Crippen LogP contribution in [0, 0.1) is 29.1 Å². The Morgan fingerprint density at radius 3 is 2.33 bits per heavy atom. The smallest absolute Gasteiger partial charge is 0.0262 e. The van der Waals surface area contributed by atoms with Gasteiger partial charge in [-0.1, -0.05) is 34.1 Å². The highest BCUT2D eigenvalue weighted by atomic mass is 14.6. The van der Waals surface area contributed by atoms with E-state index in [1.54, 1.807) is 0 Å². The molecule has 2 saturated carbocycles. The maximum absolute atomic E-state index is 2.54. The van der Waals surface area contributed by atoms with E-state index in [0.717, 1.165) is 29.1 Å². The van der Waals surface area contributed by atoms with Crippen LogP contribution in [0.1, 0.15) is 47.0 Å². The first-order chi connectivity index (χ1) is 5.59. The summed E-state index contributed by atoms with van der Waals surface area (Å²) >= 11 is 0. The number of hydrogen-bond donors (Lipinski definition) is 0. The van der Waals surface area contributed by atoms with Crippen LogP contribution in [0.5, 0.6) is 0 Å². The first-order valence-electron chi connectivity index (χ1n) is 5.59. The van der Waals surface area contributed by atoms with Crippen molar-refractivity contribution in [2.75, 3.05) is 0 Å². The highest BCUT2D eigenvalue weighted by Gasteiger charge is 2.58. The van der Waals surface area contributed by atoms with Crippen molar-refractivity contribution in [3.05, 3.63) is 0 Å². The topological polar surface area (TPSA) is 0 Å². The van der Waals surface area contributed by atoms with Crippen molar-refractivity contribution < 1.29 is 0 Å². The highest BCUT2D eigenvalue weighted by Crippen LogP contribution is 2.66. The van der Waals surface area contributed by atoms with E-state index in [4.69, 9.17) is 0 Å². The zero-order chi connectivity index (χ0) is 8.93. The molecule has 2 aliphatic rings. The normalized spacial score (nSPS) is 58.0. The van der Waals surface area contributed by atoms with Crippen molar-refractivity contribution in [1.29, 1.82) is 0 Å². The van der Waals surface area contributed by atoms with Crippen molar-refractivity contribution in [1.82, 2.24) is 0 Å². The predicted octanol–water partition coefficient (Wildman–Crippen LogP) is 3.71. The molecule has 5 atom stereocenters. The van der Waals surface area contributed by atoms with E-state index in [0.29, 0.717) is 0 Å². The van der Waals surface area contributed by atoms with Crippen LogP contribution < -0.4 is 0 Å². The number of rotatable bonds is 1. The van der Waals surface area contributed by atoms with Gasteiger partial charge in [0, 0.05) is 0 Å². The minimum Gasteiger partial charge on any atom is -0.0651 e. The molecule has 0 aromatic heterocycles. The molecule has 0 nitrogen and oxygen atoms in total. The SMILES string of the molecule is CCC1CC(C)C2C(C)CC12C. The Labute approximate surface area is 76.7 Å². The molecule has 2 aliphatic carbocycles. The van der Waals surface area contributed by atoms with E-state index >= 15 is 0 Å². The summed E-state index contributed by atoms with van der Waals surface area (Å²) < 4.78 is 0. The van der Waals surface area contributed by atoms with E-state index in [9.17, 15) is 0 Å². The van der Waals surface area contributed by atoms with Crippen LogP contribution in [-0.4, -0.2) is 0 Å². The molecule has 0 aromatic carbocycles. The van der Waals surface area contributed by atoms with Crippen molar-refractivity contribution >= 4 is 0 Å². The van der Waals surface area contributed by atoms with Crippen LogP contribution in [-0.2, 0) is 0 Å². The van der Waals surface area contributed by atoms with Gasteiger partial charge in [-0.05, 0) is 41.9 Å². The summed E-state index contributed by atoms with van der Waals surface area (Å²) in [5, 5.41) is 0. The fourth-order valence-corrected chi connectivity index (χ4v) is 4.59. The van der Waals surface area contributed by atoms with Gasteiger partial charge in [-0.25, -0.2) is 0 Å². The van der Waals surface area contributed by atoms with E-state index < -0.39 is 0 Å². The van der Waals surface area contributed by atoms with Gasteiger partial charge in [0.25, 0.3) is 0 Å². The van der Waals surface area contributed by atoms with Crippen LogP contribution in [0.4, 0.5) is 0 Å². The molecule has 0 saturated heterocycles. The molecule has 70 valence electrons. The molecule has 0 radical (unpaired) electrons. The molecule has 0 N–H and O–H groups in total. The molecule has 2 rings (SSSR count). The zero-order valence-electron chi connectivity index (χ0n) is 8.93. The summed E-state index contributed by atoms with van der Waals surface area (Å²) in [6.07, 6.45) is 4.41. The molecule has 0 amide bonds. The summed E-state index contributed by atoms with van der Waals surface area (Å²) in [6, 6.07) is 0. The second-order valence-corrected chi connectivity index (χ2v) is 5.53. The van der Waals surface area contributed by atoms with Gasteiger partial charge in [-0.3, -0.25) is 0 Å². The first kappa shape index (κ1) is 8.59. The second-order valence-electron chi connectivity index (χ2n) is 5.53. The fraction of sp³-hybridized carbons (Fsp3) is 1.00. The lowest BCUT2D eigenvalue weighted by Gasteiger charge is -2.52. The Kier molecular flexibility index (Phi) is 1.79. The summed E-state index contributed by atoms with van der Waals surface area (Å²) in [7, 11) is 0. The minimum atomic E-state index is 0.744. The van der Waals surface area contributed by atoms with E-state index in [1.807, 2.05) is 0 Å². The molecule has 12 heavy (non-hydrogen) atoms. The van der Waals surface area contributed by atoms with Gasteiger partial charge in [0.2, 0.25) is 0 Å². The third-order valence-electron chi connectivity index (χ3n) is 4.83. The maximum atomic E-state index is 2.54. The largest absolute Gasteiger partial charge is 0.0651 e. The lowest BCUT2D eigenvalue weighted by Crippen LogP contribution is -2.45. The van der Waals surface area contributed by atoms with Gasteiger partial charge in [0.1, 0.15) is 0 Å². The molecule has 0 heterocycles. The number of fused-ring (bicyclic) bond motifs is 1. The minimum absolute atomic E-state index is 0.744. The molecular weight excluding hydrogens is 144 g/mol. The molecule has 2 fully saturated rings. The molecular formula is C12H22. The second kappa shape index (κ2) is 2.49. The predicted molar refractivity (Wildman–Crippen MR) is 52.9 cm³/mol. The maximum Gasteiger partial charge on any atom is -0.0262 e. The molecule has 0 aromatic rings. The summed E-state index contributed by atoms with van der Waals surface area (Å²) in [6.45, 7) is 9.82. The third kappa shape index (κ3) is 0.843. The lowest BCUT2D eigenvalue weighted by molar-refractivity contribution is -0.0367. The highest BCUT2D eigenvalue weighted by molar-refractivity contribution is 5.07. The fourth-order valence-electron chi connectivity index (χ4n) is 4.59. The molecule has 5 unspecified atom stereocenters. The lowest BCUT2D eigenvalue weighted by atomic mass is 9.52. The van der Waals surface area contributed by atoms with Crippen molar-refractivity contribution in [3.8, 4) is 0 Å². The van der Waals surface area contributed by atoms with Crippen LogP contribution in [0.3, 0.4) is 0 Å². The van der Waals surface area contributed by atoms with Crippen LogP contribution in [0.25, 0.3) is 0 Å². The average Bonchev–Trinajstić information content (AvgIpc) is 2.17. The molecule has 0 bridgehead atoms. The van der Waals surface area contributed by atoms with E-state index in [-0.39, 0.29) is 0 Å². The Hall–Kier alpha value is 0. The quantitative estimate of drug-likeness (QED) is 0.557. The van der Waals surface area contributed by atoms with Crippen molar-refractivity contribution in [2.45, 2.75) is 47.0 Å². The Bertz CT molecular complexity index is 184. The zero-order valence-corrected chi connectivity index (χ0v) is 8.93. The summed E-state index contributed by atoms with van der Waals surface area (Å²) in [5.41, 5.74) is 0.744. The number of hydrogen-bond acceptors (Lipinski definition) is 0. The van der Waals surface area contributed by atoms with Gasteiger partial charge in [0.15, 0.2) is 0 Å². The van der Waals surface area contributed by atoms with Crippen LogP contribution in [0.15, 0.2) is 0 Å². The molecule has 0 aliphatic heterocycles. The van der Waals surface area contributed by atoms with Gasteiger partial charge < -0.3 is 0 Å². The van der Waals surface area contributed by atoms with Gasteiger partial charge in [-0.15, -0.1) is 0 Å². The molecule has 0 spiro atoms. The first-order valence-corrected chi connectivity index (χ1v) is 5.59. The monoisotopic (exact) mass is 166 g/mol. The van der Waals surface area contributed by atoms with Gasteiger partial charge in [-0.2, -0.15) is 0 Å². The van der Waals surface area contributed by atoms with Crippen molar-refractivity contribution in [3.63, 3.8) is 0 Å². The van der Waals surface area contributed by atoms with Crippen LogP contribution in [0.2, 0.25) is 0 Å². The Morgan fingerprint density at radius 2 is 1.92 bits per heavy atom. The van der Waals surface area contributed by atoms with Crippen molar-refractivity contribution in [2.24, 2.45) is 29.1 Å². The van der Waals surface area contributed by atoms with E-state index in [2.05, 4.69) is 27.7 Å². The van der Waals surface area contributed by atoms with Gasteiger partial charge >= 0.3 is 0 Å². The summed E-state index contributed by atoms with van der Waals surface area (Å²) in [5.74, 6) is 4.11. The van der Waals surface area contributed by atoms with Gasteiger partial charge in [0.05, 0.1) is 0 Å². The standard InChI is InChI=1S/C12H22/c1-5-10-6-8(2)11-9(3)7-12(10,11)4/h8-11H,5-7H2,1-4H3. The Morgan fingerprint density at radius 1 is 1.25 bits per heavy atom. The average molecular weight is 166 g/mol.